The van der Waals surface area contributed by atoms with Crippen LogP contribution in [-0.4, -0.2) is 17.6 Å². The Hall–Kier alpha value is -2.13. The molecule has 0 saturated carbocycles. The van der Waals surface area contributed by atoms with Crippen LogP contribution < -0.4 is 5.32 Å². The van der Waals surface area contributed by atoms with E-state index in [1.54, 1.807) is 0 Å². The topological polar surface area (TPSA) is 49.3 Å². The van der Waals surface area contributed by atoms with Gasteiger partial charge in [0.15, 0.2) is 0 Å². The zero-order valence-electron chi connectivity index (χ0n) is 11.9. The van der Waals surface area contributed by atoms with Gasteiger partial charge in [-0.1, -0.05) is 36.4 Å². The largest absolute Gasteiger partial charge is 0.394 e. The van der Waals surface area contributed by atoms with E-state index in [0.717, 1.165) is 18.4 Å². The van der Waals surface area contributed by atoms with E-state index in [0.29, 0.717) is 5.56 Å². The summed E-state index contributed by atoms with van der Waals surface area (Å²) in [6.07, 6.45) is 3.34. The van der Waals surface area contributed by atoms with Crippen molar-refractivity contribution in [3.05, 3.63) is 70.8 Å². The van der Waals surface area contributed by atoms with E-state index in [1.807, 2.05) is 48.5 Å². The molecule has 1 atom stereocenters. The number of carbonyl (C=O) groups is 1. The van der Waals surface area contributed by atoms with Gasteiger partial charge in [-0.15, -0.1) is 0 Å². The van der Waals surface area contributed by atoms with Crippen LogP contribution in [0, 0.1) is 0 Å². The highest BCUT2D eigenvalue weighted by Crippen LogP contribution is 2.23. The van der Waals surface area contributed by atoms with Crippen molar-refractivity contribution in [1.29, 1.82) is 0 Å². The molecule has 2 aromatic rings. The Morgan fingerprint density at radius 3 is 2.62 bits per heavy atom. The molecule has 0 bridgehead atoms. The van der Waals surface area contributed by atoms with E-state index in [2.05, 4.69) is 5.32 Å². The van der Waals surface area contributed by atoms with Gasteiger partial charge in [0.05, 0.1) is 12.6 Å². The Morgan fingerprint density at radius 1 is 1.10 bits per heavy atom. The molecule has 2 N–H and O–H groups in total. The molecule has 1 aliphatic carbocycles. The van der Waals surface area contributed by atoms with Gasteiger partial charge in [0, 0.05) is 5.56 Å². The summed E-state index contributed by atoms with van der Waals surface area (Å²) in [4.78, 5) is 12.4. The highest BCUT2D eigenvalue weighted by Gasteiger charge is 2.17. The maximum Gasteiger partial charge on any atom is 0.251 e. The van der Waals surface area contributed by atoms with E-state index in [4.69, 9.17) is 0 Å². The number of carbonyl (C=O) groups excluding carboxylic acids is 1. The predicted molar refractivity (Wildman–Crippen MR) is 82.2 cm³/mol. The third-order valence-corrected chi connectivity index (χ3v) is 4.05. The number of rotatable bonds is 4. The first-order valence-electron chi connectivity index (χ1n) is 7.36. The first-order valence-corrected chi connectivity index (χ1v) is 7.36. The van der Waals surface area contributed by atoms with Crippen LogP contribution in [0.5, 0.6) is 0 Å². The molecule has 3 rings (SSSR count). The van der Waals surface area contributed by atoms with Crippen LogP contribution in [0.15, 0.2) is 48.5 Å². The van der Waals surface area contributed by atoms with Gasteiger partial charge in [0.2, 0.25) is 0 Å². The molecular weight excluding hydrogens is 262 g/mol. The second-order valence-electron chi connectivity index (χ2n) is 5.46. The molecule has 108 valence electrons. The minimum absolute atomic E-state index is 0.110. The average Bonchev–Trinajstić information content (AvgIpc) is 3.00. The van der Waals surface area contributed by atoms with E-state index >= 15 is 0 Å². The van der Waals surface area contributed by atoms with Gasteiger partial charge in [-0.05, 0) is 48.1 Å². The molecule has 0 unspecified atom stereocenters. The number of benzene rings is 2. The number of hydrogen-bond acceptors (Lipinski definition) is 2. The maximum atomic E-state index is 12.4. The van der Waals surface area contributed by atoms with E-state index in [1.165, 1.54) is 17.5 Å². The standard InChI is InChI=1S/C18H19NO2/c20-12-17(14-5-2-1-3-6-14)19-18(21)16-10-9-13-7-4-8-15(13)11-16/h1-3,5-6,9-11,17,20H,4,7-8,12H2,(H,19,21)/t17-/m0/s1. The predicted octanol–water partition coefficient (Wildman–Crippen LogP) is 2.64. The molecule has 0 heterocycles. The van der Waals surface area contributed by atoms with Crippen molar-refractivity contribution < 1.29 is 9.90 Å². The maximum absolute atomic E-state index is 12.4. The SMILES string of the molecule is O=C(N[C@@H](CO)c1ccccc1)c1ccc2c(c1)CCC2. The van der Waals surface area contributed by atoms with Crippen LogP contribution in [0.4, 0.5) is 0 Å². The third-order valence-electron chi connectivity index (χ3n) is 4.05. The van der Waals surface area contributed by atoms with Crippen molar-refractivity contribution in [2.45, 2.75) is 25.3 Å². The van der Waals surface area contributed by atoms with Crippen molar-refractivity contribution in [2.24, 2.45) is 0 Å². The number of aliphatic hydroxyl groups excluding tert-OH is 1. The van der Waals surface area contributed by atoms with Crippen LogP contribution in [0.2, 0.25) is 0 Å². The van der Waals surface area contributed by atoms with E-state index in [-0.39, 0.29) is 18.6 Å². The summed E-state index contributed by atoms with van der Waals surface area (Å²) < 4.78 is 0. The fraction of sp³-hybridized carbons (Fsp3) is 0.278. The molecule has 3 nitrogen and oxygen atoms in total. The average molecular weight is 281 g/mol. The molecule has 3 heteroatoms. The highest BCUT2D eigenvalue weighted by molar-refractivity contribution is 5.94. The Balaban J connectivity index is 1.76. The Labute approximate surface area is 124 Å². The lowest BCUT2D eigenvalue weighted by Gasteiger charge is -2.17. The molecule has 1 aliphatic rings. The van der Waals surface area contributed by atoms with E-state index < -0.39 is 0 Å². The van der Waals surface area contributed by atoms with Crippen LogP contribution in [0.3, 0.4) is 0 Å². The van der Waals surface area contributed by atoms with Gasteiger partial charge in [0.25, 0.3) is 5.91 Å². The Kier molecular flexibility index (Phi) is 4.02. The second-order valence-corrected chi connectivity index (χ2v) is 5.46. The summed E-state index contributed by atoms with van der Waals surface area (Å²) in [6.45, 7) is -0.110. The third kappa shape index (κ3) is 2.98. The number of hydrogen-bond donors (Lipinski definition) is 2. The molecule has 1 amide bonds. The Bertz CT molecular complexity index is 637. The lowest BCUT2D eigenvalue weighted by molar-refractivity contribution is 0.0916. The number of aliphatic hydroxyl groups is 1. The van der Waals surface area contributed by atoms with Gasteiger partial charge in [-0.3, -0.25) is 4.79 Å². The van der Waals surface area contributed by atoms with Crippen molar-refractivity contribution in [1.82, 2.24) is 5.32 Å². The molecule has 0 radical (unpaired) electrons. The first kappa shape index (κ1) is 13.8. The van der Waals surface area contributed by atoms with Crippen molar-refractivity contribution in [2.75, 3.05) is 6.61 Å². The molecule has 0 spiro atoms. The summed E-state index contributed by atoms with van der Waals surface area (Å²) in [7, 11) is 0. The normalized spacial score (nSPS) is 14.5. The molecule has 0 aromatic heterocycles. The monoisotopic (exact) mass is 281 g/mol. The zero-order chi connectivity index (χ0) is 14.7. The number of nitrogens with one attached hydrogen (secondary N) is 1. The minimum atomic E-state index is -0.369. The van der Waals surface area contributed by atoms with Gasteiger partial charge < -0.3 is 10.4 Å². The minimum Gasteiger partial charge on any atom is -0.394 e. The second kappa shape index (κ2) is 6.10. The highest BCUT2D eigenvalue weighted by atomic mass is 16.3. The summed E-state index contributed by atoms with van der Waals surface area (Å²) in [5.74, 6) is -0.132. The summed E-state index contributed by atoms with van der Waals surface area (Å²) in [6, 6.07) is 15.1. The molecule has 0 fully saturated rings. The fourth-order valence-electron chi connectivity index (χ4n) is 2.87. The van der Waals surface area contributed by atoms with Gasteiger partial charge in [-0.25, -0.2) is 0 Å². The number of aryl methyl sites for hydroxylation is 2. The molecule has 0 aliphatic heterocycles. The zero-order valence-corrected chi connectivity index (χ0v) is 11.9. The smallest absolute Gasteiger partial charge is 0.251 e. The van der Waals surface area contributed by atoms with Crippen molar-refractivity contribution in [3.8, 4) is 0 Å². The van der Waals surface area contributed by atoms with Crippen LogP contribution >= 0.6 is 0 Å². The molecule has 21 heavy (non-hydrogen) atoms. The number of amides is 1. The number of fused-ring (bicyclic) bond motifs is 1. The van der Waals surface area contributed by atoms with Crippen molar-refractivity contribution >= 4 is 5.91 Å². The lowest BCUT2D eigenvalue weighted by Crippen LogP contribution is -2.30. The lowest BCUT2D eigenvalue weighted by atomic mass is 10.0. The van der Waals surface area contributed by atoms with Crippen LogP contribution in [0.25, 0.3) is 0 Å². The summed E-state index contributed by atoms with van der Waals surface area (Å²) in [5.41, 5.74) is 4.22. The summed E-state index contributed by atoms with van der Waals surface area (Å²) in [5, 5.41) is 12.4. The van der Waals surface area contributed by atoms with Crippen LogP contribution in [0.1, 0.15) is 39.5 Å². The fourth-order valence-corrected chi connectivity index (χ4v) is 2.87. The summed E-state index contributed by atoms with van der Waals surface area (Å²) >= 11 is 0. The first-order chi connectivity index (χ1) is 10.3. The quantitative estimate of drug-likeness (QED) is 0.905. The van der Waals surface area contributed by atoms with Gasteiger partial charge >= 0.3 is 0 Å². The molecule has 2 aromatic carbocycles. The van der Waals surface area contributed by atoms with E-state index in [9.17, 15) is 9.90 Å². The molecule has 0 saturated heterocycles. The van der Waals surface area contributed by atoms with Crippen molar-refractivity contribution in [3.63, 3.8) is 0 Å². The van der Waals surface area contributed by atoms with Gasteiger partial charge in [0.1, 0.15) is 0 Å². The van der Waals surface area contributed by atoms with Gasteiger partial charge in [-0.2, -0.15) is 0 Å². The molecular formula is C18H19NO2. The Morgan fingerprint density at radius 2 is 1.86 bits per heavy atom. The van der Waals surface area contributed by atoms with Crippen LogP contribution in [-0.2, 0) is 12.8 Å².